The van der Waals surface area contributed by atoms with Crippen LogP contribution in [0.2, 0.25) is 0 Å². The fraction of sp³-hybridized carbons (Fsp3) is 0.368. The molecule has 0 bridgehead atoms. The molecular weight excluding hydrogens is 640 g/mol. The van der Waals surface area contributed by atoms with E-state index in [-0.39, 0.29) is 19.7 Å². The average Bonchev–Trinajstić information content (AvgIpc) is 3.52. The third-order valence-corrected chi connectivity index (χ3v) is 8.24. The summed E-state index contributed by atoms with van der Waals surface area (Å²) >= 11 is 0. The van der Waals surface area contributed by atoms with Gasteiger partial charge in [-0.25, -0.2) is 4.79 Å². The lowest BCUT2D eigenvalue weighted by atomic mass is 10.0. The number of ether oxygens (including phenoxy) is 4. The van der Waals surface area contributed by atoms with Crippen molar-refractivity contribution < 1.29 is 38.7 Å². The van der Waals surface area contributed by atoms with Crippen LogP contribution in [-0.2, 0) is 22.6 Å². The number of methoxy groups -OCH3 is 1. The molecule has 0 radical (unpaired) electrons. The van der Waals surface area contributed by atoms with Gasteiger partial charge in [-0.2, -0.15) is 0 Å². The second kappa shape index (κ2) is 16.5. The molecule has 1 aliphatic rings. The SMILES string of the molecule is COc1cccc(COc2cccc(OC/C=C(\O)C(=O)N3CCN([C@@H](O)[C@H](Cc4c[nH]c5ccccc45)NC(=O)OC(C)(C)C)CC3)c2)c1. The number of para-hydroxylation sites is 1. The van der Waals surface area contributed by atoms with Crippen LogP contribution in [0.3, 0.4) is 0 Å². The van der Waals surface area contributed by atoms with Crippen molar-refractivity contribution in [3.63, 3.8) is 0 Å². The number of aromatic nitrogens is 1. The number of nitrogens with one attached hydrogen (secondary N) is 2. The number of fused-ring (bicyclic) bond motifs is 1. The average molecular weight is 687 g/mol. The topological polar surface area (TPSA) is 146 Å². The second-order valence-corrected chi connectivity index (χ2v) is 13.1. The number of aromatic amines is 1. The Bertz CT molecular complexity index is 1770. The van der Waals surface area contributed by atoms with Crippen LogP contribution in [0.5, 0.6) is 17.2 Å². The third kappa shape index (κ3) is 9.93. The summed E-state index contributed by atoms with van der Waals surface area (Å²) in [6.07, 6.45) is 1.88. The molecule has 50 heavy (non-hydrogen) atoms. The van der Waals surface area contributed by atoms with E-state index < -0.39 is 35.6 Å². The minimum atomic E-state index is -1.05. The van der Waals surface area contributed by atoms with E-state index in [1.807, 2.05) is 65.7 Å². The Morgan fingerprint density at radius 3 is 2.38 bits per heavy atom. The highest BCUT2D eigenvalue weighted by atomic mass is 16.6. The largest absolute Gasteiger partial charge is 0.503 e. The number of aliphatic hydroxyl groups excluding tert-OH is 2. The van der Waals surface area contributed by atoms with E-state index in [0.717, 1.165) is 27.8 Å². The van der Waals surface area contributed by atoms with Crippen molar-refractivity contribution in [3.05, 3.63) is 102 Å². The first-order valence-corrected chi connectivity index (χ1v) is 16.6. The fourth-order valence-corrected chi connectivity index (χ4v) is 5.72. The summed E-state index contributed by atoms with van der Waals surface area (Å²) < 4.78 is 22.4. The van der Waals surface area contributed by atoms with E-state index >= 15 is 0 Å². The van der Waals surface area contributed by atoms with E-state index in [2.05, 4.69) is 10.3 Å². The molecule has 12 nitrogen and oxygen atoms in total. The van der Waals surface area contributed by atoms with Crippen LogP contribution in [-0.4, -0.2) is 94.8 Å². The smallest absolute Gasteiger partial charge is 0.408 e. The molecule has 266 valence electrons. The highest BCUT2D eigenvalue weighted by Crippen LogP contribution is 2.23. The van der Waals surface area contributed by atoms with Crippen LogP contribution >= 0.6 is 0 Å². The molecule has 0 spiro atoms. The molecule has 4 aromatic rings. The Morgan fingerprint density at radius 1 is 0.940 bits per heavy atom. The van der Waals surface area contributed by atoms with Crippen molar-refractivity contribution in [1.82, 2.24) is 20.1 Å². The highest BCUT2D eigenvalue weighted by Gasteiger charge is 2.33. The van der Waals surface area contributed by atoms with Gasteiger partial charge >= 0.3 is 6.09 Å². The summed E-state index contributed by atoms with van der Waals surface area (Å²) in [4.78, 5) is 32.4. The molecule has 1 fully saturated rings. The summed E-state index contributed by atoms with van der Waals surface area (Å²) in [7, 11) is 1.62. The third-order valence-electron chi connectivity index (χ3n) is 8.24. The molecule has 1 aromatic heterocycles. The molecule has 3 aromatic carbocycles. The zero-order chi connectivity index (χ0) is 35.7. The summed E-state index contributed by atoms with van der Waals surface area (Å²) in [6, 6.07) is 21.9. The number of nitrogens with zero attached hydrogens (tertiary/aromatic N) is 2. The minimum absolute atomic E-state index is 0.0263. The van der Waals surface area contributed by atoms with Gasteiger partial charge in [0, 0.05) is 55.4 Å². The van der Waals surface area contributed by atoms with Crippen LogP contribution in [0.1, 0.15) is 31.9 Å². The highest BCUT2D eigenvalue weighted by molar-refractivity contribution is 5.91. The normalized spacial score (nSPS) is 15.3. The van der Waals surface area contributed by atoms with Crippen LogP contribution in [0, 0.1) is 0 Å². The molecule has 5 rings (SSSR count). The maximum absolute atomic E-state index is 13.1. The molecule has 0 aliphatic carbocycles. The molecule has 12 heteroatoms. The number of piperazine rings is 1. The Labute approximate surface area is 292 Å². The van der Waals surface area contributed by atoms with Gasteiger partial charge < -0.3 is 44.4 Å². The van der Waals surface area contributed by atoms with E-state index in [9.17, 15) is 19.8 Å². The molecule has 2 atom stereocenters. The van der Waals surface area contributed by atoms with Gasteiger partial charge in [0.25, 0.3) is 5.91 Å². The standard InChI is InChI=1S/C38H46N4O8/c1-38(2,3)50-37(46)40-33(22-27-24-39-32-14-6-5-13-31(27)32)35(44)41-16-18-42(19-17-41)36(45)34(43)15-20-48-29-11-8-12-30(23-29)49-25-26-9-7-10-28(21-26)47-4/h5-15,21,23-24,33,35,39,43-44H,16-20,22,25H2,1-4H3,(H,40,46)/b34-15-/t33-,35-/m0/s1. The molecule has 4 N–H and O–H groups in total. The monoisotopic (exact) mass is 686 g/mol. The van der Waals surface area contributed by atoms with Gasteiger partial charge in [0.15, 0.2) is 5.76 Å². The Kier molecular flexibility index (Phi) is 11.9. The summed E-state index contributed by atoms with van der Waals surface area (Å²) in [5.41, 5.74) is 2.16. The molecule has 0 unspecified atom stereocenters. The number of benzene rings is 3. The van der Waals surface area contributed by atoms with Crippen molar-refractivity contribution in [3.8, 4) is 17.2 Å². The maximum atomic E-state index is 13.1. The predicted molar refractivity (Wildman–Crippen MR) is 189 cm³/mol. The van der Waals surface area contributed by atoms with Crippen LogP contribution in [0.4, 0.5) is 4.79 Å². The number of rotatable bonds is 13. The van der Waals surface area contributed by atoms with Gasteiger partial charge in [-0.3, -0.25) is 9.69 Å². The minimum Gasteiger partial charge on any atom is -0.503 e. The molecule has 2 amide bonds. The maximum Gasteiger partial charge on any atom is 0.408 e. The summed E-state index contributed by atoms with van der Waals surface area (Å²) in [5, 5.41) is 25.9. The lowest BCUT2D eigenvalue weighted by Gasteiger charge is -2.40. The number of H-pyrrole nitrogens is 1. The van der Waals surface area contributed by atoms with Gasteiger partial charge in [0.2, 0.25) is 0 Å². The van der Waals surface area contributed by atoms with Gasteiger partial charge in [-0.1, -0.05) is 36.4 Å². The van der Waals surface area contributed by atoms with Gasteiger partial charge in [0.1, 0.15) is 42.3 Å². The van der Waals surface area contributed by atoms with Crippen molar-refractivity contribution in [1.29, 1.82) is 0 Å². The summed E-state index contributed by atoms with van der Waals surface area (Å²) in [5.74, 6) is 0.935. The lowest BCUT2D eigenvalue weighted by Crippen LogP contribution is -2.59. The second-order valence-electron chi connectivity index (χ2n) is 13.1. The summed E-state index contributed by atoms with van der Waals surface area (Å²) in [6.45, 7) is 6.88. The van der Waals surface area contributed by atoms with E-state index in [0.29, 0.717) is 37.6 Å². The van der Waals surface area contributed by atoms with Gasteiger partial charge in [-0.05, 0) is 68.7 Å². The number of aliphatic hydroxyl groups is 2. The molecule has 1 aliphatic heterocycles. The number of carbonyl (C=O) groups is 2. The first-order chi connectivity index (χ1) is 24.0. The molecular formula is C38H46N4O8. The van der Waals surface area contributed by atoms with Crippen LogP contribution < -0.4 is 19.5 Å². The van der Waals surface area contributed by atoms with Gasteiger partial charge in [0.05, 0.1) is 13.2 Å². The number of amides is 2. The van der Waals surface area contributed by atoms with Crippen molar-refractivity contribution in [2.45, 2.75) is 51.7 Å². The number of alkyl carbamates (subject to hydrolysis) is 1. The first kappa shape index (κ1) is 36.1. The Morgan fingerprint density at radius 2 is 1.64 bits per heavy atom. The quantitative estimate of drug-likeness (QED) is 0.111. The molecule has 0 saturated carbocycles. The first-order valence-electron chi connectivity index (χ1n) is 16.6. The molecule has 1 saturated heterocycles. The van der Waals surface area contributed by atoms with E-state index in [4.69, 9.17) is 18.9 Å². The zero-order valence-corrected chi connectivity index (χ0v) is 28.9. The molecule has 2 heterocycles. The number of hydrogen-bond donors (Lipinski definition) is 4. The van der Waals surface area contributed by atoms with E-state index in [1.54, 1.807) is 46.1 Å². The van der Waals surface area contributed by atoms with Crippen molar-refractivity contribution in [2.75, 3.05) is 39.9 Å². The van der Waals surface area contributed by atoms with E-state index in [1.165, 1.54) is 11.0 Å². The zero-order valence-electron chi connectivity index (χ0n) is 28.9. The van der Waals surface area contributed by atoms with Crippen molar-refractivity contribution in [2.24, 2.45) is 0 Å². The fourth-order valence-electron chi connectivity index (χ4n) is 5.72. The Balaban J connectivity index is 1.13. The van der Waals surface area contributed by atoms with Crippen LogP contribution in [0.15, 0.2) is 90.8 Å². The predicted octanol–water partition coefficient (Wildman–Crippen LogP) is 5.17. The lowest BCUT2D eigenvalue weighted by molar-refractivity contribution is -0.134. The number of carbonyl (C=O) groups excluding carboxylic acids is 2. The van der Waals surface area contributed by atoms with Gasteiger partial charge in [-0.15, -0.1) is 0 Å². The number of hydrogen-bond acceptors (Lipinski definition) is 9. The van der Waals surface area contributed by atoms with Crippen LogP contribution in [0.25, 0.3) is 10.9 Å². The Hall–Kier alpha value is -5.20. The van der Waals surface area contributed by atoms with Crippen molar-refractivity contribution >= 4 is 22.9 Å².